The Morgan fingerprint density at radius 3 is 2.55 bits per heavy atom. The normalized spacial score (nSPS) is 27.8. The van der Waals surface area contributed by atoms with Gasteiger partial charge in [-0.05, 0) is 31.4 Å². The second-order valence-corrected chi connectivity index (χ2v) is 8.49. The first-order chi connectivity index (χ1) is 14.8. The third kappa shape index (κ3) is 5.30. The van der Waals surface area contributed by atoms with Crippen LogP contribution in [0.15, 0.2) is 18.2 Å². The molecular formula is C21H27F4N3O3. The van der Waals surface area contributed by atoms with Crippen LogP contribution in [0.4, 0.5) is 28.0 Å². The average Bonchev–Trinajstić information content (AvgIpc) is 2.92. The van der Waals surface area contributed by atoms with Crippen molar-refractivity contribution in [3.8, 4) is 0 Å². The molecule has 0 aromatic heterocycles. The monoisotopic (exact) mass is 445 g/mol. The number of nitrogens with zero attached hydrogens (tertiary/aromatic N) is 2. The van der Waals surface area contributed by atoms with Crippen LogP contribution in [0, 0.1) is 11.6 Å². The Hall–Kier alpha value is -1.91. The maximum absolute atomic E-state index is 13.9. The van der Waals surface area contributed by atoms with Crippen LogP contribution in [0.2, 0.25) is 0 Å². The van der Waals surface area contributed by atoms with E-state index in [0.717, 1.165) is 12.5 Å². The minimum Gasteiger partial charge on any atom is -0.347 e. The summed E-state index contributed by atoms with van der Waals surface area (Å²) in [7, 11) is 0. The predicted molar refractivity (Wildman–Crippen MR) is 105 cm³/mol. The lowest BCUT2D eigenvalue weighted by Crippen LogP contribution is -2.60. The number of halogens is 4. The zero-order chi connectivity index (χ0) is 22.1. The van der Waals surface area contributed by atoms with Crippen LogP contribution in [0.3, 0.4) is 0 Å². The minimum absolute atomic E-state index is 0.0271. The quantitative estimate of drug-likeness (QED) is 0.704. The van der Waals surface area contributed by atoms with Gasteiger partial charge in [0.1, 0.15) is 11.6 Å². The van der Waals surface area contributed by atoms with E-state index in [1.54, 1.807) is 0 Å². The SMILES string of the molecule is O=C(Nc1ccc(F)cc1F)N1CCOC2(C1)CN(C1CCC(F)(F)CC1)CCCO2. The Morgan fingerprint density at radius 2 is 1.81 bits per heavy atom. The molecule has 2 amide bonds. The molecule has 3 fully saturated rings. The van der Waals surface area contributed by atoms with Crippen LogP contribution in [-0.2, 0) is 9.47 Å². The molecule has 1 N–H and O–H groups in total. The minimum atomic E-state index is -2.59. The van der Waals surface area contributed by atoms with Crippen molar-refractivity contribution in [2.75, 3.05) is 44.7 Å². The van der Waals surface area contributed by atoms with Crippen molar-refractivity contribution in [3.63, 3.8) is 0 Å². The molecule has 10 heteroatoms. The second kappa shape index (κ2) is 8.91. The van der Waals surface area contributed by atoms with E-state index in [1.807, 2.05) is 0 Å². The molecule has 1 aromatic carbocycles. The second-order valence-electron chi connectivity index (χ2n) is 8.49. The van der Waals surface area contributed by atoms with Crippen molar-refractivity contribution in [2.24, 2.45) is 0 Å². The van der Waals surface area contributed by atoms with Gasteiger partial charge in [0.15, 0.2) is 5.79 Å². The molecule has 1 saturated carbocycles. The zero-order valence-electron chi connectivity index (χ0n) is 17.2. The van der Waals surface area contributed by atoms with E-state index in [1.165, 1.54) is 11.0 Å². The van der Waals surface area contributed by atoms with Gasteiger partial charge in [-0.1, -0.05) is 0 Å². The van der Waals surface area contributed by atoms with Gasteiger partial charge in [-0.15, -0.1) is 0 Å². The molecule has 2 aliphatic heterocycles. The molecule has 1 spiro atoms. The number of carbonyl (C=O) groups is 1. The number of amides is 2. The third-order valence-electron chi connectivity index (χ3n) is 6.22. The van der Waals surface area contributed by atoms with Gasteiger partial charge < -0.3 is 19.7 Å². The lowest BCUT2D eigenvalue weighted by molar-refractivity contribution is -0.262. The van der Waals surface area contributed by atoms with Gasteiger partial charge >= 0.3 is 6.03 Å². The molecule has 4 rings (SSSR count). The molecule has 172 valence electrons. The summed E-state index contributed by atoms with van der Waals surface area (Å²) in [6.07, 6.45) is 1.32. The van der Waals surface area contributed by atoms with E-state index in [2.05, 4.69) is 10.2 Å². The van der Waals surface area contributed by atoms with Gasteiger partial charge in [-0.2, -0.15) is 0 Å². The smallest absolute Gasteiger partial charge is 0.322 e. The summed E-state index contributed by atoms with van der Waals surface area (Å²) >= 11 is 0. The van der Waals surface area contributed by atoms with Gasteiger partial charge in [0.05, 0.1) is 32.0 Å². The van der Waals surface area contributed by atoms with Crippen LogP contribution in [0.25, 0.3) is 0 Å². The van der Waals surface area contributed by atoms with Crippen molar-refractivity contribution in [1.29, 1.82) is 0 Å². The highest BCUT2D eigenvalue weighted by Gasteiger charge is 2.45. The van der Waals surface area contributed by atoms with Gasteiger partial charge in [0, 0.05) is 38.0 Å². The van der Waals surface area contributed by atoms with Gasteiger partial charge in [-0.25, -0.2) is 22.4 Å². The molecule has 2 heterocycles. The average molecular weight is 445 g/mol. The number of hydrogen-bond acceptors (Lipinski definition) is 4. The van der Waals surface area contributed by atoms with Crippen LogP contribution in [-0.4, -0.2) is 73.0 Å². The summed E-state index contributed by atoms with van der Waals surface area (Å²) in [4.78, 5) is 16.3. The molecule has 31 heavy (non-hydrogen) atoms. The van der Waals surface area contributed by atoms with Crippen molar-refractivity contribution in [3.05, 3.63) is 29.8 Å². The lowest BCUT2D eigenvalue weighted by Gasteiger charge is -2.45. The van der Waals surface area contributed by atoms with Crippen molar-refractivity contribution in [1.82, 2.24) is 9.80 Å². The molecule has 2 saturated heterocycles. The summed E-state index contributed by atoms with van der Waals surface area (Å²) in [6.45, 7) is 2.17. The molecular weight excluding hydrogens is 418 g/mol. The third-order valence-corrected chi connectivity index (χ3v) is 6.22. The molecule has 3 aliphatic rings. The fourth-order valence-corrected chi connectivity index (χ4v) is 4.56. The van der Waals surface area contributed by atoms with E-state index in [4.69, 9.17) is 9.47 Å². The van der Waals surface area contributed by atoms with Crippen LogP contribution < -0.4 is 5.32 Å². The number of urea groups is 1. The van der Waals surface area contributed by atoms with E-state index in [0.29, 0.717) is 38.6 Å². The Morgan fingerprint density at radius 1 is 1.06 bits per heavy atom. The first-order valence-electron chi connectivity index (χ1n) is 10.7. The predicted octanol–water partition coefficient (Wildman–Crippen LogP) is 3.83. The topological polar surface area (TPSA) is 54.0 Å². The summed E-state index contributed by atoms with van der Waals surface area (Å²) < 4.78 is 66.1. The van der Waals surface area contributed by atoms with E-state index in [9.17, 15) is 22.4 Å². The van der Waals surface area contributed by atoms with Gasteiger partial charge in [0.25, 0.3) is 0 Å². The number of carbonyl (C=O) groups excluding carboxylic acids is 1. The Labute approximate surface area is 178 Å². The fourth-order valence-electron chi connectivity index (χ4n) is 4.56. The molecule has 1 aliphatic carbocycles. The number of alkyl halides is 2. The number of hydrogen-bond donors (Lipinski definition) is 1. The van der Waals surface area contributed by atoms with E-state index >= 15 is 0 Å². The molecule has 1 atom stereocenters. The number of rotatable bonds is 2. The van der Waals surface area contributed by atoms with Crippen molar-refractivity contribution >= 4 is 11.7 Å². The van der Waals surface area contributed by atoms with Crippen molar-refractivity contribution < 1.29 is 31.8 Å². The maximum atomic E-state index is 13.9. The van der Waals surface area contributed by atoms with Crippen LogP contribution >= 0.6 is 0 Å². The molecule has 1 aromatic rings. The fraction of sp³-hybridized carbons (Fsp3) is 0.667. The summed E-state index contributed by atoms with van der Waals surface area (Å²) in [5, 5.41) is 2.47. The summed E-state index contributed by atoms with van der Waals surface area (Å²) in [5.74, 6) is -5.24. The summed E-state index contributed by atoms with van der Waals surface area (Å²) in [5.41, 5.74) is -0.113. The number of morpholine rings is 1. The van der Waals surface area contributed by atoms with E-state index in [-0.39, 0.29) is 44.3 Å². The summed E-state index contributed by atoms with van der Waals surface area (Å²) in [6, 6.07) is 2.43. The molecule has 6 nitrogen and oxygen atoms in total. The number of nitrogens with one attached hydrogen (secondary N) is 1. The maximum Gasteiger partial charge on any atom is 0.322 e. The van der Waals surface area contributed by atoms with Gasteiger partial charge in [-0.3, -0.25) is 4.90 Å². The number of benzene rings is 1. The van der Waals surface area contributed by atoms with Gasteiger partial charge in [0.2, 0.25) is 5.92 Å². The molecule has 0 bridgehead atoms. The van der Waals surface area contributed by atoms with Crippen molar-refractivity contribution in [2.45, 2.75) is 49.9 Å². The largest absolute Gasteiger partial charge is 0.347 e. The highest BCUT2D eigenvalue weighted by atomic mass is 19.3. The number of anilines is 1. The van der Waals surface area contributed by atoms with Crippen LogP contribution in [0.5, 0.6) is 0 Å². The first-order valence-corrected chi connectivity index (χ1v) is 10.7. The Bertz CT molecular complexity index is 802. The Balaban J connectivity index is 1.42. The highest BCUT2D eigenvalue weighted by molar-refractivity contribution is 5.89. The molecule has 1 unspecified atom stereocenters. The number of ether oxygens (including phenoxy) is 2. The Kier molecular flexibility index (Phi) is 6.41. The molecule has 0 radical (unpaired) electrons. The standard InChI is InChI=1S/C21H27F4N3O3/c22-15-2-3-18(17(23)12-15)26-19(29)28-9-11-31-21(14-28)13-27(8-1-10-30-21)16-4-6-20(24,25)7-5-16/h2-3,12,16H,1,4-11,13-14H2,(H,26,29). The highest BCUT2D eigenvalue weighted by Crippen LogP contribution is 2.36. The van der Waals surface area contributed by atoms with E-state index < -0.39 is 29.4 Å². The van der Waals surface area contributed by atoms with Crippen LogP contribution in [0.1, 0.15) is 32.1 Å². The lowest BCUT2D eigenvalue weighted by atomic mass is 9.90. The zero-order valence-corrected chi connectivity index (χ0v) is 17.2. The first kappa shape index (κ1) is 22.3.